The van der Waals surface area contributed by atoms with E-state index in [1.165, 1.54) is 0 Å². The van der Waals surface area contributed by atoms with Crippen molar-refractivity contribution in [3.63, 3.8) is 0 Å². The van der Waals surface area contributed by atoms with Crippen LogP contribution in [-0.2, 0) is 4.79 Å². The van der Waals surface area contributed by atoms with Crippen LogP contribution in [0.1, 0.15) is 46.1 Å². The number of pyridine rings is 1. The van der Waals surface area contributed by atoms with Crippen molar-refractivity contribution in [2.24, 2.45) is 5.41 Å². The van der Waals surface area contributed by atoms with Crippen molar-refractivity contribution in [3.8, 4) is 5.75 Å². The highest BCUT2D eigenvalue weighted by Crippen LogP contribution is 2.24. The second-order valence-electron chi connectivity index (χ2n) is 7.81. The first-order chi connectivity index (χ1) is 11.8. The van der Waals surface area contributed by atoms with Gasteiger partial charge in [0.15, 0.2) is 0 Å². The SMILES string of the molecule is CN[C@@H](C)C/C=C/c1cncc(O[C@H]2CCN(C(=O)C(C)(C)C)C2)c1. The van der Waals surface area contributed by atoms with Crippen LogP contribution in [0, 0.1) is 5.41 Å². The lowest BCUT2D eigenvalue weighted by Gasteiger charge is -2.25. The Kier molecular flexibility index (Phi) is 6.59. The molecule has 1 aliphatic rings. The van der Waals surface area contributed by atoms with E-state index in [1.54, 1.807) is 6.20 Å². The molecule has 0 aromatic carbocycles. The fourth-order valence-corrected chi connectivity index (χ4v) is 2.79. The van der Waals surface area contributed by atoms with Crippen LogP contribution in [0.3, 0.4) is 0 Å². The highest BCUT2D eigenvalue weighted by molar-refractivity contribution is 5.81. The fourth-order valence-electron chi connectivity index (χ4n) is 2.79. The van der Waals surface area contributed by atoms with Crippen LogP contribution in [0.25, 0.3) is 6.08 Å². The number of carbonyl (C=O) groups excluding carboxylic acids is 1. The van der Waals surface area contributed by atoms with Crippen LogP contribution in [0.2, 0.25) is 0 Å². The lowest BCUT2D eigenvalue weighted by Crippen LogP contribution is -2.38. The molecule has 1 fully saturated rings. The molecule has 25 heavy (non-hydrogen) atoms. The molecule has 5 heteroatoms. The van der Waals surface area contributed by atoms with Gasteiger partial charge in [-0.2, -0.15) is 0 Å². The van der Waals surface area contributed by atoms with E-state index in [0.29, 0.717) is 12.6 Å². The number of carbonyl (C=O) groups is 1. The van der Waals surface area contributed by atoms with E-state index in [2.05, 4.69) is 29.4 Å². The summed E-state index contributed by atoms with van der Waals surface area (Å²) in [5, 5.41) is 3.21. The number of likely N-dealkylation sites (tertiary alicyclic amines) is 1. The van der Waals surface area contributed by atoms with Crippen LogP contribution in [-0.4, -0.2) is 48.1 Å². The van der Waals surface area contributed by atoms with Gasteiger partial charge in [-0.1, -0.05) is 32.9 Å². The summed E-state index contributed by atoms with van der Waals surface area (Å²) in [5.41, 5.74) is 0.687. The van der Waals surface area contributed by atoms with Crippen molar-refractivity contribution in [1.82, 2.24) is 15.2 Å². The summed E-state index contributed by atoms with van der Waals surface area (Å²) in [5.74, 6) is 0.950. The third-order valence-corrected chi connectivity index (χ3v) is 4.40. The van der Waals surface area contributed by atoms with Crippen molar-refractivity contribution < 1.29 is 9.53 Å². The molecule has 0 unspecified atom stereocenters. The summed E-state index contributed by atoms with van der Waals surface area (Å²) in [6.07, 6.45) is 9.64. The third-order valence-electron chi connectivity index (χ3n) is 4.40. The molecule has 2 heterocycles. The number of hydrogen-bond acceptors (Lipinski definition) is 4. The van der Waals surface area contributed by atoms with E-state index >= 15 is 0 Å². The van der Waals surface area contributed by atoms with Gasteiger partial charge < -0.3 is 15.0 Å². The summed E-state index contributed by atoms with van der Waals surface area (Å²) in [6, 6.07) is 2.45. The third kappa shape index (κ3) is 5.85. The molecule has 0 bridgehead atoms. The van der Waals surface area contributed by atoms with E-state index in [0.717, 1.165) is 30.7 Å². The van der Waals surface area contributed by atoms with Crippen molar-refractivity contribution in [2.75, 3.05) is 20.1 Å². The summed E-state index contributed by atoms with van der Waals surface area (Å²) >= 11 is 0. The van der Waals surface area contributed by atoms with E-state index in [1.807, 2.05) is 45.0 Å². The van der Waals surface area contributed by atoms with Gasteiger partial charge in [-0.15, -0.1) is 0 Å². The van der Waals surface area contributed by atoms with Crippen molar-refractivity contribution in [1.29, 1.82) is 0 Å². The lowest BCUT2D eigenvalue weighted by atomic mass is 9.95. The van der Waals surface area contributed by atoms with Crippen LogP contribution >= 0.6 is 0 Å². The standard InChI is InChI=1S/C20H31N3O2/c1-15(21-5)7-6-8-16-11-18(13-22-12-16)25-17-9-10-23(14-17)19(24)20(2,3)4/h6,8,11-13,15,17,21H,7,9-10,14H2,1-5H3/b8-6+/t15-,17-/m0/s1. The molecule has 1 aliphatic heterocycles. The molecule has 0 radical (unpaired) electrons. The number of nitrogens with zero attached hydrogens (tertiary/aromatic N) is 2. The Labute approximate surface area is 151 Å². The lowest BCUT2D eigenvalue weighted by molar-refractivity contribution is -0.138. The van der Waals surface area contributed by atoms with Gasteiger partial charge in [0.05, 0.1) is 12.7 Å². The van der Waals surface area contributed by atoms with Gasteiger partial charge in [-0.05, 0) is 32.0 Å². The monoisotopic (exact) mass is 345 g/mol. The molecule has 0 spiro atoms. The maximum absolute atomic E-state index is 12.4. The summed E-state index contributed by atoms with van der Waals surface area (Å²) in [7, 11) is 1.96. The van der Waals surface area contributed by atoms with E-state index in [9.17, 15) is 4.79 Å². The van der Waals surface area contributed by atoms with Crippen molar-refractivity contribution in [3.05, 3.63) is 30.1 Å². The molecule has 0 saturated carbocycles. The zero-order valence-corrected chi connectivity index (χ0v) is 16.1. The summed E-state index contributed by atoms with van der Waals surface area (Å²) in [6.45, 7) is 9.42. The van der Waals surface area contributed by atoms with E-state index < -0.39 is 0 Å². The average molecular weight is 345 g/mol. The molecule has 2 rings (SSSR count). The first-order valence-corrected chi connectivity index (χ1v) is 9.04. The zero-order chi connectivity index (χ0) is 18.4. The van der Waals surface area contributed by atoms with Crippen LogP contribution in [0.15, 0.2) is 24.5 Å². The number of aromatic nitrogens is 1. The molecule has 138 valence electrons. The summed E-state index contributed by atoms with van der Waals surface area (Å²) < 4.78 is 6.06. The van der Waals surface area contributed by atoms with E-state index in [-0.39, 0.29) is 17.4 Å². The number of hydrogen-bond donors (Lipinski definition) is 1. The topological polar surface area (TPSA) is 54.5 Å². The predicted molar refractivity (Wildman–Crippen MR) is 101 cm³/mol. The Morgan fingerprint density at radius 1 is 1.48 bits per heavy atom. The quantitative estimate of drug-likeness (QED) is 0.861. The molecule has 1 aromatic rings. The minimum absolute atomic E-state index is 0.0386. The maximum atomic E-state index is 12.4. The second-order valence-corrected chi connectivity index (χ2v) is 7.81. The van der Waals surface area contributed by atoms with Gasteiger partial charge in [-0.3, -0.25) is 9.78 Å². The summed E-state index contributed by atoms with van der Waals surface area (Å²) in [4.78, 5) is 18.5. The highest BCUT2D eigenvalue weighted by atomic mass is 16.5. The van der Waals surface area contributed by atoms with Gasteiger partial charge in [-0.25, -0.2) is 0 Å². The number of nitrogens with one attached hydrogen (secondary N) is 1. The minimum Gasteiger partial charge on any atom is -0.487 e. The molecule has 1 amide bonds. The number of rotatable bonds is 6. The maximum Gasteiger partial charge on any atom is 0.228 e. The van der Waals surface area contributed by atoms with Gasteiger partial charge in [0.2, 0.25) is 5.91 Å². The second kappa shape index (κ2) is 8.48. The number of amides is 1. The highest BCUT2D eigenvalue weighted by Gasteiger charge is 2.33. The Morgan fingerprint density at radius 3 is 2.92 bits per heavy atom. The molecular weight excluding hydrogens is 314 g/mol. The van der Waals surface area contributed by atoms with Gasteiger partial charge in [0, 0.05) is 30.6 Å². The smallest absolute Gasteiger partial charge is 0.228 e. The van der Waals surface area contributed by atoms with Gasteiger partial charge in [0.25, 0.3) is 0 Å². The van der Waals surface area contributed by atoms with Crippen LogP contribution in [0.4, 0.5) is 0 Å². The van der Waals surface area contributed by atoms with Crippen molar-refractivity contribution in [2.45, 2.75) is 52.7 Å². The first-order valence-electron chi connectivity index (χ1n) is 9.04. The first kappa shape index (κ1) is 19.4. The largest absolute Gasteiger partial charge is 0.487 e. The fraction of sp³-hybridized carbons (Fsp3) is 0.600. The molecule has 2 atom stereocenters. The molecule has 5 nitrogen and oxygen atoms in total. The molecule has 0 aliphatic carbocycles. The Bertz CT molecular complexity index is 607. The Balaban J connectivity index is 1.91. The normalized spacial score (nSPS) is 19.4. The van der Waals surface area contributed by atoms with E-state index in [4.69, 9.17) is 4.74 Å². The zero-order valence-electron chi connectivity index (χ0n) is 16.1. The number of ether oxygens (including phenoxy) is 1. The average Bonchev–Trinajstić information content (AvgIpc) is 3.01. The molecular formula is C20H31N3O2. The Hall–Kier alpha value is -1.88. The molecule has 1 N–H and O–H groups in total. The van der Waals surface area contributed by atoms with Crippen LogP contribution in [0.5, 0.6) is 5.75 Å². The molecule has 1 aromatic heterocycles. The predicted octanol–water partition coefficient (Wildman–Crippen LogP) is 3.12. The van der Waals surface area contributed by atoms with Crippen molar-refractivity contribution >= 4 is 12.0 Å². The van der Waals surface area contributed by atoms with Gasteiger partial charge >= 0.3 is 0 Å². The Morgan fingerprint density at radius 2 is 2.24 bits per heavy atom. The van der Waals surface area contributed by atoms with Crippen LogP contribution < -0.4 is 10.1 Å². The molecule has 1 saturated heterocycles. The minimum atomic E-state index is -0.342. The van der Waals surface area contributed by atoms with Gasteiger partial charge in [0.1, 0.15) is 11.9 Å².